The van der Waals surface area contributed by atoms with Crippen LogP contribution in [-0.2, 0) is 4.79 Å². The molecular weight excluding hydrogens is 343 g/mol. The van der Waals surface area contributed by atoms with Crippen molar-refractivity contribution in [3.8, 4) is 11.1 Å². The Morgan fingerprint density at radius 3 is 2.70 bits per heavy atom. The summed E-state index contributed by atoms with van der Waals surface area (Å²) in [7, 11) is 2.00. The fraction of sp³-hybridized carbons (Fsp3) is 0.409. The quantitative estimate of drug-likeness (QED) is 0.900. The van der Waals surface area contributed by atoms with Crippen molar-refractivity contribution in [2.75, 3.05) is 25.1 Å². The highest BCUT2D eigenvalue weighted by atomic mass is 19.1. The van der Waals surface area contributed by atoms with Gasteiger partial charge in [0.1, 0.15) is 5.82 Å². The van der Waals surface area contributed by atoms with Crippen molar-refractivity contribution in [1.82, 2.24) is 4.90 Å². The molecule has 4 rings (SSSR count). The number of hydrogen-bond acceptors (Lipinski definition) is 3. The highest BCUT2D eigenvalue weighted by Crippen LogP contribution is 2.49. The average molecular weight is 368 g/mol. The SMILES string of the molecule is CCC(=O)N1CC[C@@H]2[C@H]1c1cc(-c3cccc(F)c3)ccc1N(C)[C@@H]2CO. The molecule has 0 radical (unpaired) electrons. The number of carbonyl (C=O) groups excluding carboxylic acids is 1. The molecule has 4 nitrogen and oxygen atoms in total. The van der Waals surface area contributed by atoms with Crippen molar-refractivity contribution in [1.29, 1.82) is 0 Å². The maximum absolute atomic E-state index is 13.7. The molecule has 2 heterocycles. The van der Waals surface area contributed by atoms with Gasteiger partial charge < -0.3 is 14.9 Å². The smallest absolute Gasteiger partial charge is 0.222 e. The molecule has 3 atom stereocenters. The monoisotopic (exact) mass is 368 g/mol. The Balaban J connectivity index is 1.84. The number of rotatable bonds is 3. The predicted octanol–water partition coefficient (Wildman–Crippen LogP) is 3.60. The number of fused-ring (bicyclic) bond motifs is 3. The Kier molecular flexibility index (Phi) is 4.64. The first-order chi connectivity index (χ1) is 13.0. The number of amides is 1. The van der Waals surface area contributed by atoms with Crippen LogP contribution in [0.1, 0.15) is 31.4 Å². The summed E-state index contributed by atoms with van der Waals surface area (Å²) in [4.78, 5) is 16.7. The zero-order chi connectivity index (χ0) is 19.1. The third kappa shape index (κ3) is 2.90. The van der Waals surface area contributed by atoms with Crippen molar-refractivity contribution in [2.24, 2.45) is 5.92 Å². The molecule has 1 amide bonds. The molecule has 142 valence electrons. The maximum atomic E-state index is 13.7. The molecule has 2 aromatic rings. The van der Waals surface area contributed by atoms with Gasteiger partial charge in [0.05, 0.1) is 18.7 Å². The number of aliphatic hydroxyl groups is 1. The molecule has 2 aliphatic heterocycles. The summed E-state index contributed by atoms with van der Waals surface area (Å²) in [6, 6.07) is 12.7. The number of nitrogens with zero attached hydrogens (tertiary/aromatic N) is 2. The van der Waals surface area contributed by atoms with Crippen molar-refractivity contribution < 1.29 is 14.3 Å². The van der Waals surface area contributed by atoms with Crippen LogP contribution in [0.15, 0.2) is 42.5 Å². The Bertz CT molecular complexity index is 869. The summed E-state index contributed by atoms with van der Waals surface area (Å²) < 4.78 is 13.7. The molecule has 2 aromatic carbocycles. The number of anilines is 1. The van der Waals surface area contributed by atoms with Gasteiger partial charge in [0.2, 0.25) is 5.91 Å². The summed E-state index contributed by atoms with van der Waals surface area (Å²) in [5.41, 5.74) is 3.89. The van der Waals surface area contributed by atoms with Crippen molar-refractivity contribution in [2.45, 2.75) is 31.8 Å². The molecule has 27 heavy (non-hydrogen) atoms. The summed E-state index contributed by atoms with van der Waals surface area (Å²) in [6.45, 7) is 2.67. The van der Waals surface area contributed by atoms with Gasteiger partial charge in [0.15, 0.2) is 0 Å². The van der Waals surface area contributed by atoms with E-state index in [9.17, 15) is 14.3 Å². The van der Waals surface area contributed by atoms with Crippen LogP contribution in [0.5, 0.6) is 0 Å². The van der Waals surface area contributed by atoms with Crippen LogP contribution in [0.25, 0.3) is 11.1 Å². The molecule has 1 saturated heterocycles. The van der Waals surface area contributed by atoms with Gasteiger partial charge in [-0.25, -0.2) is 4.39 Å². The van der Waals surface area contributed by atoms with Crippen molar-refractivity contribution >= 4 is 11.6 Å². The fourth-order valence-electron chi connectivity index (χ4n) is 4.78. The lowest BCUT2D eigenvalue weighted by molar-refractivity contribution is -0.132. The lowest BCUT2D eigenvalue weighted by Crippen LogP contribution is -2.48. The predicted molar refractivity (Wildman–Crippen MR) is 104 cm³/mol. The van der Waals surface area contributed by atoms with Gasteiger partial charge in [-0.3, -0.25) is 4.79 Å². The molecule has 1 fully saturated rings. The summed E-state index contributed by atoms with van der Waals surface area (Å²) >= 11 is 0. The van der Waals surface area contributed by atoms with Crippen LogP contribution in [0, 0.1) is 11.7 Å². The Labute approximate surface area is 159 Å². The van der Waals surface area contributed by atoms with Gasteiger partial charge >= 0.3 is 0 Å². The van der Waals surface area contributed by atoms with E-state index in [-0.39, 0.29) is 36.3 Å². The molecule has 0 unspecified atom stereocenters. The fourth-order valence-corrected chi connectivity index (χ4v) is 4.78. The van der Waals surface area contributed by atoms with Crippen LogP contribution in [0.3, 0.4) is 0 Å². The van der Waals surface area contributed by atoms with Crippen LogP contribution >= 0.6 is 0 Å². The normalized spacial score (nSPS) is 23.9. The molecule has 0 spiro atoms. The van der Waals surface area contributed by atoms with E-state index >= 15 is 0 Å². The second kappa shape index (κ2) is 6.97. The van der Waals surface area contributed by atoms with Gasteiger partial charge in [-0.2, -0.15) is 0 Å². The molecule has 0 bridgehead atoms. The first kappa shape index (κ1) is 18.0. The summed E-state index contributed by atoms with van der Waals surface area (Å²) in [5.74, 6) is 0.0841. The van der Waals surface area contributed by atoms with Gasteiger partial charge in [0.25, 0.3) is 0 Å². The van der Waals surface area contributed by atoms with Gasteiger partial charge in [-0.05, 0) is 47.4 Å². The molecule has 2 aliphatic rings. The topological polar surface area (TPSA) is 43.8 Å². The Morgan fingerprint density at radius 2 is 2.00 bits per heavy atom. The highest BCUT2D eigenvalue weighted by molar-refractivity contribution is 5.78. The van der Waals surface area contributed by atoms with E-state index in [2.05, 4.69) is 11.0 Å². The van der Waals surface area contributed by atoms with E-state index in [0.717, 1.165) is 35.3 Å². The lowest BCUT2D eigenvalue weighted by atomic mass is 9.81. The van der Waals surface area contributed by atoms with Crippen LogP contribution in [-0.4, -0.2) is 42.2 Å². The minimum absolute atomic E-state index is 0.00261. The Morgan fingerprint density at radius 1 is 1.22 bits per heavy atom. The molecule has 0 aromatic heterocycles. The van der Waals surface area contributed by atoms with E-state index in [0.29, 0.717) is 6.42 Å². The lowest BCUT2D eigenvalue weighted by Gasteiger charge is -2.44. The number of benzene rings is 2. The van der Waals surface area contributed by atoms with Crippen LogP contribution < -0.4 is 4.90 Å². The van der Waals surface area contributed by atoms with Crippen molar-refractivity contribution in [3.05, 3.63) is 53.8 Å². The summed E-state index contributed by atoms with van der Waals surface area (Å²) in [6.07, 6.45) is 1.36. The van der Waals surface area contributed by atoms with E-state index in [1.54, 1.807) is 6.07 Å². The third-order valence-electron chi connectivity index (χ3n) is 6.13. The van der Waals surface area contributed by atoms with Gasteiger partial charge in [-0.1, -0.05) is 25.1 Å². The number of likely N-dealkylation sites (tertiary alicyclic amines) is 1. The van der Waals surface area contributed by atoms with Gasteiger partial charge in [0, 0.05) is 31.6 Å². The van der Waals surface area contributed by atoms with Crippen LogP contribution in [0.2, 0.25) is 0 Å². The van der Waals surface area contributed by atoms with Gasteiger partial charge in [-0.15, -0.1) is 0 Å². The first-order valence-electron chi connectivity index (χ1n) is 9.58. The van der Waals surface area contributed by atoms with Crippen molar-refractivity contribution in [3.63, 3.8) is 0 Å². The highest BCUT2D eigenvalue weighted by Gasteiger charge is 2.47. The average Bonchev–Trinajstić information content (AvgIpc) is 3.12. The molecule has 0 aliphatic carbocycles. The number of carbonyl (C=O) groups is 1. The standard InChI is InChI=1S/C22H25FN2O2/c1-3-21(27)25-10-9-17-20(13-26)24(2)19-8-7-15(12-18(19)22(17)25)14-5-4-6-16(23)11-14/h4-8,11-12,17,20,22,26H,3,9-10,13H2,1-2H3/t17-,20+,22-/m0/s1. The second-order valence-electron chi connectivity index (χ2n) is 7.48. The third-order valence-corrected chi connectivity index (χ3v) is 6.13. The van der Waals surface area contributed by atoms with Crippen LogP contribution in [0.4, 0.5) is 10.1 Å². The first-order valence-corrected chi connectivity index (χ1v) is 9.58. The second-order valence-corrected chi connectivity index (χ2v) is 7.48. The number of halogens is 1. The summed E-state index contributed by atoms with van der Waals surface area (Å²) in [5, 5.41) is 9.99. The molecule has 1 N–H and O–H groups in total. The Hall–Kier alpha value is -2.40. The van der Waals surface area contributed by atoms with E-state index in [1.807, 2.05) is 37.1 Å². The molecule has 5 heteroatoms. The van der Waals surface area contributed by atoms with E-state index in [1.165, 1.54) is 12.1 Å². The van der Waals surface area contributed by atoms with E-state index in [4.69, 9.17) is 0 Å². The number of aliphatic hydroxyl groups excluding tert-OH is 1. The minimum atomic E-state index is -0.260. The zero-order valence-electron chi connectivity index (χ0n) is 15.7. The van der Waals surface area contributed by atoms with E-state index < -0.39 is 0 Å². The largest absolute Gasteiger partial charge is 0.394 e. The number of hydrogen-bond donors (Lipinski definition) is 1. The molecule has 0 saturated carbocycles. The maximum Gasteiger partial charge on any atom is 0.222 e. The minimum Gasteiger partial charge on any atom is -0.394 e. The molecular formula is C22H25FN2O2. The number of likely N-dealkylation sites (N-methyl/N-ethyl adjacent to an activating group) is 1. The zero-order valence-corrected chi connectivity index (χ0v) is 15.7.